The maximum Gasteiger partial charge on any atom is 0.453 e. The lowest BCUT2D eigenvalue weighted by atomic mass is 10.0. The average molecular weight is 651 g/mol. The van der Waals surface area contributed by atoms with Crippen molar-refractivity contribution < 1.29 is 25.8 Å². The molecule has 8 heteroatoms. The molecule has 7 aromatic rings. The molecule has 0 amide bonds. The molecule has 0 aliphatic heterocycles. The molecule has 0 unspecified atom stereocenters. The molecule has 0 atom stereocenters. The van der Waals surface area contributed by atoms with Crippen molar-refractivity contribution in [1.82, 2.24) is 0 Å². The van der Waals surface area contributed by atoms with Crippen LogP contribution < -0.4 is 9.05 Å². The Morgan fingerprint density at radius 2 is 0.652 bits per heavy atom. The smallest absolute Gasteiger partial charge is 0.390 e. The van der Waals surface area contributed by atoms with Crippen LogP contribution in [0.15, 0.2) is 89.6 Å². The van der Waals surface area contributed by atoms with Crippen molar-refractivity contribution in [2.24, 2.45) is 0 Å². The van der Waals surface area contributed by atoms with Gasteiger partial charge in [0.05, 0.1) is 0 Å². The number of aryl methyl sites for hydroxylation is 8. The predicted molar refractivity (Wildman–Crippen MR) is 189 cm³/mol. The molecular weight excluding hydrogens is 614 g/mol. The van der Waals surface area contributed by atoms with Crippen molar-refractivity contribution in [2.75, 3.05) is 0 Å². The molecule has 0 saturated heterocycles. The Morgan fingerprint density at radius 3 is 0.913 bits per heavy atom. The molecule has 2 aromatic heterocycles. The highest BCUT2D eigenvalue weighted by Gasteiger charge is 2.18. The van der Waals surface area contributed by atoms with E-state index in [0.29, 0.717) is 11.5 Å². The van der Waals surface area contributed by atoms with Crippen LogP contribution in [0, 0.1) is 55.4 Å². The zero-order valence-corrected chi connectivity index (χ0v) is 29.1. The van der Waals surface area contributed by atoms with Crippen LogP contribution in [0.1, 0.15) is 44.5 Å². The van der Waals surface area contributed by atoms with E-state index in [0.717, 1.165) is 88.4 Å². The minimum Gasteiger partial charge on any atom is -0.390 e. The molecule has 7 rings (SSSR count). The van der Waals surface area contributed by atoms with E-state index in [1.807, 2.05) is 24.3 Å². The number of fused-ring (bicyclic) bond motifs is 6. The number of rotatable bonds is 4. The lowest BCUT2D eigenvalue weighted by molar-refractivity contribution is 0.456. The molecule has 46 heavy (non-hydrogen) atoms. The van der Waals surface area contributed by atoms with E-state index in [1.54, 1.807) is 0 Å². The van der Waals surface area contributed by atoms with E-state index in [-0.39, 0.29) is 0 Å². The van der Waals surface area contributed by atoms with Crippen molar-refractivity contribution in [3.63, 3.8) is 0 Å². The number of para-hydroxylation sites is 2. The van der Waals surface area contributed by atoms with Gasteiger partial charge in [0.1, 0.15) is 22.3 Å². The quantitative estimate of drug-likeness (QED) is 0.189. The van der Waals surface area contributed by atoms with Gasteiger partial charge in [-0.05, 0) is 136 Å². The van der Waals surface area contributed by atoms with Gasteiger partial charge in [-0.2, -0.15) is 0 Å². The summed E-state index contributed by atoms with van der Waals surface area (Å²) in [4.78, 5) is 0. The zero-order valence-electron chi connectivity index (χ0n) is 27.3. The maximum atomic E-state index is 6.54. The first-order chi connectivity index (χ1) is 22.0. The van der Waals surface area contributed by atoms with E-state index in [4.69, 9.17) is 25.8 Å². The third-order valence-corrected chi connectivity index (χ3v) is 10.1. The van der Waals surface area contributed by atoms with E-state index in [1.165, 1.54) is 0 Å². The van der Waals surface area contributed by atoms with Gasteiger partial charge in [-0.1, -0.05) is 36.4 Å². The SMILES string of the molecule is Cc1cc(C)c2op(Oc3ccccc3Op3oc4c(C)cc(C)cc4c4cc(C)cc(C)c4o3)oc3c(C)cc(C)cc3c2c1. The fraction of sp³-hybridized carbons (Fsp3) is 0.211. The van der Waals surface area contributed by atoms with Gasteiger partial charge in [-0.15, -0.1) is 0 Å². The lowest BCUT2D eigenvalue weighted by Gasteiger charge is -2.08. The van der Waals surface area contributed by atoms with Crippen LogP contribution in [0.2, 0.25) is 0 Å². The van der Waals surface area contributed by atoms with Crippen LogP contribution >= 0.6 is 16.5 Å². The molecule has 0 fully saturated rings. The molecule has 234 valence electrons. The molecule has 0 spiro atoms. The van der Waals surface area contributed by atoms with Crippen LogP contribution in [0.25, 0.3) is 43.9 Å². The molecule has 0 bridgehead atoms. The molecule has 0 radical (unpaired) electrons. The normalized spacial score (nSPS) is 11.5. The Labute approximate surface area is 269 Å². The van der Waals surface area contributed by atoms with Gasteiger partial charge < -0.3 is 25.8 Å². The first-order valence-electron chi connectivity index (χ1n) is 15.3. The molecule has 0 aliphatic carbocycles. The highest BCUT2D eigenvalue weighted by molar-refractivity contribution is 7.32. The third-order valence-electron chi connectivity index (χ3n) is 8.11. The fourth-order valence-electron chi connectivity index (χ4n) is 6.27. The summed E-state index contributed by atoms with van der Waals surface area (Å²) >= 11 is 0. The standard InChI is InChI=1S/C38H36O6P2/c1-21-13-25(5)35-29(17-21)30-18-22(2)14-26(6)36(30)42-45(41-35)39-33-11-9-10-12-34(33)40-46-43-37-27(7)15-23(3)19-31(37)32-20-24(4)16-28(8)38(32)44-46/h9-20H,1-8H3. The van der Waals surface area contributed by atoms with Crippen LogP contribution in [0.4, 0.5) is 0 Å². The Bertz CT molecular complexity index is 2110. The molecule has 0 N–H and O–H groups in total. The topological polar surface area (TPSA) is 71.0 Å². The summed E-state index contributed by atoms with van der Waals surface area (Å²) in [7, 11) is -3.80. The van der Waals surface area contributed by atoms with Crippen molar-refractivity contribution in [3.05, 3.63) is 117 Å². The summed E-state index contributed by atoms with van der Waals surface area (Å²) in [6, 6.07) is 24.5. The first kappa shape index (κ1) is 30.2. The number of hydrogen-bond donors (Lipinski definition) is 0. The zero-order chi connectivity index (χ0) is 32.3. The Balaban J connectivity index is 1.40. The van der Waals surface area contributed by atoms with Crippen molar-refractivity contribution in [3.8, 4) is 11.5 Å². The second kappa shape index (κ2) is 11.7. The fourth-order valence-corrected chi connectivity index (χ4v) is 8.69. The maximum absolute atomic E-state index is 6.54. The van der Waals surface area contributed by atoms with Crippen LogP contribution in [0.3, 0.4) is 0 Å². The first-order valence-corrected chi connectivity index (χ1v) is 17.5. The largest absolute Gasteiger partial charge is 0.453 e. The van der Waals surface area contributed by atoms with E-state index in [2.05, 4.69) is 104 Å². The lowest BCUT2D eigenvalue weighted by Crippen LogP contribution is -1.86. The van der Waals surface area contributed by atoms with Gasteiger partial charge in [0.15, 0.2) is 11.5 Å². The summed E-state index contributed by atoms with van der Waals surface area (Å²) in [5.41, 5.74) is 11.7. The highest BCUT2D eigenvalue weighted by Crippen LogP contribution is 2.46. The van der Waals surface area contributed by atoms with Crippen molar-refractivity contribution in [2.45, 2.75) is 55.4 Å². The van der Waals surface area contributed by atoms with Gasteiger partial charge in [0.25, 0.3) is 0 Å². The van der Waals surface area contributed by atoms with E-state index < -0.39 is 16.5 Å². The van der Waals surface area contributed by atoms with Crippen molar-refractivity contribution in [1.29, 1.82) is 0 Å². The summed E-state index contributed by atoms with van der Waals surface area (Å²) in [5.74, 6) is 0.933. The van der Waals surface area contributed by atoms with Crippen molar-refractivity contribution >= 4 is 60.4 Å². The summed E-state index contributed by atoms with van der Waals surface area (Å²) in [5, 5.41) is 3.98. The van der Waals surface area contributed by atoms with Gasteiger partial charge in [-0.25, -0.2) is 0 Å². The number of hydrogen-bond acceptors (Lipinski definition) is 6. The Kier molecular flexibility index (Phi) is 7.67. The summed E-state index contributed by atoms with van der Waals surface area (Å²) < 4.78 is 39.2. The average Bonchev–Trinajstić information content (AvgIpc) is 3.23. The monoisotopic (exact) mass is 650 g/mol. The van der Waals surface area contributed by atoms with Gasteiger partial charge >= 0.3 is 16.5 Å². The van der Waals surface area contributed by atoms with Gasteiger partial charge in [-0.3, -0.25) is 0 Å². The van der Waals surface area contributed by atoms with Gasteiger partial charge in [0, 0.05) is 21.5 Å². The predicted octanol–water partition coefficient (Wildman–Crippen LogP) is 13.0. The molecule has 0 aliphatic rings. The third kappa shape index (κ3) is 5.57. The summed E-state index contributed by atoms with van der Waals surface area (Å²) in [6.07, 6.45) is 0. The molecular formula is C38H36O6P2. The van der Waals surface area contributed by atoms with Crippen LogP contribution in [-0.4, -0.2) is 0 Å². The minimum atomic E-state index is -1.90. The summed E-state index contributed by atoms with van der Waals surface area (Å²) in [6.45, 7) is 16.6. The Hall–Kier alpha value is -4.50. The molecule has 5 aromatic carbocycles. The molecule has 0 saturated carbocycles. The van der Waals surface area contributed by atoms with Crippen LogP contribution in [0.5, 0.6) is 11.5 Å². The molecule has 6 nitrogen and oxygen atoms in total. The van der Waals surface area contributed by atoms with E-state index in [9.17, 15) is 0 Å². The molecule has 2 heterocycles. The minimum absolute atomic E-state index is 0.466. The number of benzene rings is 5. The van der Waals surface area contributed by atoms with E-state index >= 15 is 0 Å². The second-order valence-electron chi connectivity index (χ2n) is 12.3. The Morgan fingerprint density at radius 1 is 0.391 bits per heavy atom. The van der Waals surface area contributed by atoms with Crippen LogP contribution in [-0.2, 0) is 0 Å². The van der Waals surface area contributed by atoms with Gasteiger partial charge in [0.2, 0.25) is 0 Å². The highest BCUT2D eigenvalue weighted by atomic mass is 31.1. The second-order valence-corrected chi connectivity index (χ2v) is 14.3.